The van der Waals surface area contributed by atoms with Gasteiger partial charge in [-0.05, 0) is 17.2 Å². The minimum atomic E-state index is -1.95. The summed E-state index contributed by atoms with van der Waals surface area (Å²) in [5, 5.41) is 14.8. The summed E-state index contributed by atoms with van der Waals surface area (Å²) < 4.78 is 19.8. The minimum absolute atomic E-state index is 0.0218. The van der Waals surface area contributed by atoms with Gasteiger partial charge in [0.1, 0.15) is 0 Å². The lowest BCUT2D eigenvalue weighted by Crippen LogP contribution is -2.43. The average molecular weight is 386 g/mol. The van der Waals surface area contributed by atoms with Gasteiger partial charge in [-0.15, -0.1) is 0 Å². The number of rotatable bonds is 3. The standard InChI is InChI=1S/C18H15FN4O3S/c19-18(3-5-26-6-4-18)16(25)23-17-22-9-13(27-17)11-2-1-10(7-20)14-12(11)8-21-15(14)24/h1-2,9H,3-6,8H2,(H,21,24)(H,22,23,25). The van der Waals surface area contributed by atoms with Crippen molar-refractivity contribution in [1.29, 1.82) is 5.26 Å². The van der Waals surface area contributed by atoms with E-state index < -0.39 is 11.6 Å². The highest BCUT2D eigenvalue weighted by Crippen LogP contribution is 2.36. The van der Waals surface area contributed by atoms with Crippen LogP contribution in [0.3, 0.4) is 0 Å². The third-order valence-electron chi connectivity index (χ3n) is 4.77. The van der Waals surface area contributed by atoms with Crippen molar-refractivity contribution in [3.05, 3.63) is 35.0 Å². The molecule has 1 aromatic heterocycles. The van der Waals surface area contributed by atoms with E-state index >= 15 is 0 Å². The number of amides is 2. The zero-order valence-corrected chi connectivity index (χ0v) is 15.0. The van der Waals surface area contributed by atoms with Crippen LogP contribution in [0.1, 0.15) is 34.3 Å². The Morgan fingerprint density at radius 3 is 2.93 bits per heavy atom. The van der Waals surface area contributed by atoms with Gasteiger partial charge in [0.2, 0.25) is 0 Å². The number of halogens is 1. The molecule has 0 spiro atoms. The van der Waals surface area contributed by atoms with Gasteiger partial charge in [0.05, 0.1) is 35.3 Å². The number of nitrogens with one attached hydrogen (secondary N) is 2. The van der Waals surface area contributed by atoms with Gasteiger partial charge in [-0.3, -0.25) is 14.9 Å². The number of nitriles is 1. The lowest BCUT2D eigenvalue weighted by molar-refractivity contribution is -0.133. The van der Waals surface area contributed by atoms with E-state index in [-0.39, 0.29) is 37.1 Å². The highest BCUT2D eigenvalue weighted by Gasteiger charge is 2.40. The van der Waals surface area contributed by atoms with E-state index in [9.17, 15) is 19.2 Å². The first-order chi connectivity index (χ1) is 13.0. The molecule has 2 aromatic rings. The monoisotopic (exact) mass is 386 g/mol. The molecule has 3 heterocycles. The fourth-order valence-electron chi connectivity index (χ4n) is 3.26. The van der Waals surface area contributed by atoms with Crippen LogP contribution in [0.2, 0.25) is 0 Å². The van der Waals surface area contributed by atoms with E-state index in [4.69, 9.17) is 4.74 Å². The van der Waals surface area contributed by atoms with Crippen LogP contribution in [0.5, 0.6) is 0 Å². The smallest absolute Gasteiger partial charge is 0.264 e. The Kier molecular flexibility index (Phi) is 4.37. The van der Waals surface area contributed by atoms with E-state index in [1.807, 2.05) is 6.07 Å². The Morgan fingerprint density at radius 1 is 1.41 bits per heavy atom. The fourth-order valence-corrected chi connectivity index (χ4v) is 4.12. The number of nitrogens with zero attached hydrogens (tertiary/aromatic N) is 2. The molecule has 0 bridgehead atoms. The third kappa shape index (κ3) is 3.07. The first-order valence-electron chi connectivity index (χ1n) is 8.40. The van der Waals surface area contributed by atoms with Gasteiger partial charge in [0.25, 0.3) is 11.8 Å². The lowest BCUT2D eigenvalue weighted by Gasteiger charge is -2.27. The zero-order chi connectivity index (χ0) is 19.0. The number of benzene rings is 1. The molecule has 1 fully saturated rings. The Balaban J connectivity index is 1.60. The first kappa shape index (κ1) is 17.6. The summed E-state index contributed by atoms with van der Waals surface area (Å²) >= 11 is 1.19. The van der Waals surface area contributed by atoms with E-state index in [2.05, 4.69) is 15.6 Å². The highest BCUT2D eigenvalue weighted by atomic mass is 32.1. The molecule has 2 aliphatic heterocycles. The van der Waals surface area contributed by atoms with Gasteiger partial charge in [0, 0.05) is 25.6 Å². The molecule has 1 aromatic carbocycles. The van der Waals surface area contributed by atoms with Gasteiger partial charge in [-0.2, -0.15) is 5.26 Å². The van der Waals surface area contributed by atoms with E-state index in [0.29, 0.717) is 17.7 Å². The van der Waals surface area contributed by atoms with Crippen molar-refractivity contribution in [3.63, 3.8) is 0 Å². The topological polar surface area (TPSA) is 104 Å². The molecule has 4 rings (SSSR count). The number of ether oxygens (including phenoxy) is 1. The zero-order valence-electron chi connectivity index (χ0n) is 14.2. The number of fused-ring (bicyclic) bond motifs is 1. The fraction of sp³-hybridized carbons (Fsp3) is 0.333. The molecule has 0 atom stereocenters. The summed E-state index contributed by atoms with van der Waals surface area (Å²) in [5.74, 6) is -0.992. The van der Waals surface area contributed by atoms with Crippen molar-refractivity contribution in [2.45, 2.75) is 25.1 Å². The summed E-state index contributed by atoms with van der Waals surface area (Å²) in [6.45, 7) is 0.753. The second-order valence-electron chi connectivity index (χ2n) is 6.37. The van der Waals surface area contributed by atoms with Gasteiger partial charge < -0.3 is 10.1 Å². The Labute approximate surface area is 158 Å². The van der Waals surface area contributed by atoms with Crippen molar-refractivity contribution < 1.29 is 18.7 Å². The van der Waals surface area contributed by atoms with E-state index in [1.54, 1.807) is 18.3 Å². The van der Waals surface area contributed by atoms with Crippen molar-refractivity contribution >= 4 is 28.3 Å². The van der Waals surface area contributed by atoms with Crippen LogP contribution in [0.4, 0.5) is 9.52 Å². The molecule has 2 N–H and O–H groups in total. The number of hydrogen-bond acceptors (Lipinski definition) is 6. The maximum Gasteiger partial charge on any atom is 0.264 e. The molecular formula is C18H15FN4O3S. The number of carbonyl (C=O) groups is 2. The predicted molar refractivity (Wildman–Crippen MR) is 96.0 cm³/mol. The van der Waals surface area contributed by atoms with Crippen LogP contribution < -0.4 is 10.6 Å². The predicted octanol–water partition coefficient (Wildman–Crippen LogP) is 2.38. The van der Waals surface area contributed by atoms with Crippen LogP contribution in [0.25, 0.3) is 10.4 Å². The van der Waals surface area contributed by atoms with Crippen LogP contribution >= 0.6 is 11.3 Å². The molecule has 0 radical (unpaired) electrons. The Bertz CT molecular complexity index is 975. The van der Waals surface area contributed by atoms with Crippen LogP contribution in [0.15, 0.2) is 18.3 Å². The Morgan fingerprint density at radius 2 is 2.19 bits per heavy atom. The highest BCUT2D eigenvalue weighted by molar-refractivity contribution is 7.19. The number of thiazole rings is 1. The number of hydrogen-bond donors (Lipinski definition) is 2. The van der Waals surface area contributed by atoms with Gasteiger partial charge in [-0.25, -0.2) is 9.37 Å². The van der Waals surface area contributed by atoms with E-state index in [0.717, 1.165) is 16.0 Å². The molecule has 0 aliphatic carbocycles. The summed E-state index contributed by atoms with van der Waals surface area (Å²) in [5.41, 5.74) is 0.240. The molecule has 2 amide bonds. The van der Waals surface area contributed by atoms with Crippen molar-refractivity contribution in [3.8, 4) is 16.5 Å². The molecule has 27 heavy (non-hydrogen) atoms. The largest absolute Gasteiger partial charge is 0.381 e. The maximum absolute atomic E-state index is 14.7. The quantitative estimate of drug-likeness (QED) is 0.843. The summed E-state index contributed by atoms with van der Waals surface area (Å²) in [6.07, 6.45) is 1.61. The number of anilines is 1. The third-order valence-corrected chi connectivity index (χ3v) is 5.72. The summed E-state index contributed by atoms with van der Waals surface area (Å²) in [7, 11) is 0. The normalized spacial score (nSPS) is 17.7. The number of aromatic nitrogens is 1. The van der Waals surface area contributed by atoms with Crippen LogP contribution in [-0.2, 0) is 16.1 Å². The maximum atomic E-state index is 14.7. The first-order valence-corrected chi connectivity index (χ1v) is 9.22. The van der Waals surface area contributed by atoms with Crippen LogP contribution in [-0.4, -0.2) is 35.7 Å². The molecular weight excluding hydrogens is 371 g/mol. The van der Waals surface area contributed by atoms with Gasteiger partial charge >= 0.3 is 0 Å². The summed E-state index contributed by atoms with van der Waals surface area (Å²) in [4.78, 5) is 29.2. The van der Waals surface area contributed by atoms with Crippen LogP contribution in [0, 0.1) is 11.3 Å². The van der Waals surface area contributed by atoms with Gasteiger partial charge in [0.15, 0.2) is 10.8 Å². The average Bonchev–Trinajstić information content (AvgIpc) is 3.29. The number of alkyl halides is 1. The van der Waals surface area contributed by atoms with Gasteiger partial charge in [-0.1, -0.05) is 17.4 Å². The lowest BCUT2D eigenvalue weighted by atomic mass is 9.96. The Hall–Kier alpha value is -2.83. The molecule has 138 valence electrons. The van der Waals surface area contributed by atoms with Crippen molar-refractivity contribution in [1.82, 2.24) is 10.3 Å². The molecule has 9 heteroatoms. The van der Waals surface area contributed by atoms with E-state index in [1.165, 1.54) is 11.3 Å². The second kappa shape index (κ2) is 6.72. The molecule has 0 unspecified atom stereocenters. The van der Waals surface area contributed by atoms with Crippen molar-refractivity contribution in [2.24, 2.45) is 0 Å². The molecule has 2 aliphatic rings. The minimum Gasteiger partial charge on any atom is -0.381 e. The second-order valence-corrected chi connectivity index (χ2v) is 7.40. The van der Waals surface area contributed by atoms with Crippen molar-refractivity contribution in [2.75, 3.05) is 18.5 Å². The molecule has 1 saturated heterocycles. The SMILES string of the molecule is N#Cc1ccc(-c2cnc(NC(=O)C3(F)CCOCC3)s2)c2c1C(=O)NC2. The molecule has 7 nitrogen and oxygen atoms in total. The summed E-state index contributed by atoms with van der Waals surface area (Å²) in [6, 6.07) is 5.38. The number of carbonyl (C=O) groups excluding carboxylic acids is 2. The molecule has 0 saturated carbocycles.